The first-order chi connectivity index (χ1) is 19.1. The lowest BCUT2D eigenvalue weighted by atomic mass is 9.99. The van der Waals surface area contributed by atoms with Gasteiger partial charge in [0.05, 0.1) is 19.8 Å². The van der Waals surface area contributed by atoms with Gasteiger partial charge in [0.1, 0.15) is 12.4 Å². The van der Waals surface area contributed by atoms with Crippen LogP contribution in [0.1, 0.15) is 31.7 Å². The van der Waals surface area contributed by atoms with Gasteiger partial charge in [-0.2, -0.15) is 0 Å². The van der Waals surface area contributed by atoms with Gasteiger partial charge >= 0.3 is 0 Å². The van der Waals surface area contributed by atoms with Crippen molar-refractivity contribution >= 4 is 17.7 Å². The molecule has 0 spiro atoms. The molecule has 0 radical (unpaired) electrons. The third-order valence-electron chi connectivity index (χ3n) is 6.93. The Balaban J connectivity index is 1.52. The van der Waals surface area contributed by atoms with Gasteiger partial charge in [-0.1, -0.05) is 50.8 Å². The predicted molar refractivity (Wildman–Crippen MR) is 159 cm³/mol. The molecule has 39 heavy (non-hydrogen) atoms. The maximum atomic E-state index is 13.2. The summed E-state index contributed by atoms with van der Waals surface area (Å²) in [7, 11) is 0. The molecule has 2 aromatic carbocycles. The van der Waals surface area contributed by atoms with Gasteiger partial charge in [-0.05, 0) is 72.0 Å². The van der Waals surface area contributed by atoms with Crippen LogP contribution >= 0.6 is 0 Å². The molecule has 0 saturated carbocycles. The number of unbranched alkanes of at least 4 members (excludes halogenated alkanes) is 1. The van der Waals surface area contributed by atoms with E-state index >= 15 is 0 Å². The fourth-order valence-electron chi connectivity index (χ4n) is 4.65. The summed E-state index contributed by atoms with van der Waals surface area (Å²) in [6, 6.07) is 14.6. The van der Waals surface area contributed by atoms with Crippen LogP contribution in [0.3, 0.4) is 0 Å². The van der Waals surface area contributed by atoms with Gasteiger partial charge in [-0.25, -0.2) is 0 Å². The van der Waals surface area contributed by atoms with Crippen molar-refractivity contribution < 1.29 is 19.0 Å². The van der Waals surface area contributed by atoms with Gasteiger partial charge < -0.3 is 24.4 Å². The zero-order valence-electron chi connectivity index (χ0n) is 23.0. The van der Waals surface area contributed by atoms with Gasteiger partial charge in [0.25, 0.3) is 5.91 Å². The summed E-state index contributed by atoms with van der Waals surface area (Å²) in [5.74, 6) is 1.22. The molecular weight excluding hydrogens is 488 g/mol. The van der Waals surface area contributed by atoms with Crippen molar-refractivity contribution in [3.8, 4) is 16.9 Å². The average Bonchev–Trinajstić information content (AvgIpc) is 3.11. The van der Waals surface area contributed by atoms with E-state index in [9.17, 15) is 4.79 Å². The van der Waals surface area contributed by atoms with Crippen LogP contribution in [0.5, 0.6) is 5.75 Å². The lowest BCUT2D eigenvalue weighted by Crippen LogP contribution is -2.40. The maximum absolute atomic E-state index is 13.2. The molecule has 2 aromatic rings. The molecule has 1 amide bonds. The minimum atomic E-state index is -0.117. The molecule has 6 nitrogen and oxygen atoms in total. The number of carbonyl (C=O) groups is 1. The zero-order chi connectivity index (χ0) is 27.5. The minimum Gasteiger partial charge on any atom is -0.491 e. The van der Waals surface area contributed by atoms with Crippen LogP contribution in [-0.2, 0) is 14.3 Å². The van der Waals surface area contributed by atoms with Crippen LogP contribution in [0.4, 0.5) is 5.69 Å². The minimum absolute atomic E-state index is 0.117. The van der Waals surface area contributed by atoms with E-state index < -0.39 is 0 Å². The van der Waals surface area contributed by atoms with Crippen LogP contribution in [-0.4, -0.2) is 52.0 Å². The molecule has 4 rings (SSSR count). The standard InChI is InChI=1S/C33H40N2O4/c1-4-7-17-37-18-19-39-31-12-9-26(10-13-31)27-11-14-32-29(20-27)21-28(33(36)34-30(6-3)8-5-2)15-16-35(32)22-25-23-38-24-25/h5-6,8-14,20-21,25H,2-4,7,15-19,22-24H2,1H3,(H,34,36)/b30-8+. The first kappa shape index (κ1) is 28.4. The highest BCUT2D eigenvalue weighted by molar-refractivity contribution is 6.00. The van der Waals surface area contributed by atoms with E-state index in [0.717, 1.165) is 79.5 Å². The van der Waals surface area contributed by atoms with Crippen molar-refractivity contribution in [1.29, 1.82) is 0 Å². The summed E-state index contributed by atoms with van der Waals surface area (Å²) >= 11 is 0. The second-order valence-corrected chi connectivity index (χ2v) is 9.90. The van der Waals surface area contributed by atoms with E-state index in [-0.39, 0.29) is 5.91 Å². The molecule has 0 unspecified atom stereocenters. The van der Waals surface area contributed by atoms with Gasteiger partial charge in [-0.3, -0.25) is 4.79 Å². The van der Waals surface area contributed by atoms with Gasteiger partial charge in [-0.15, -0.1) is 0 Å². The highest BCUT2D eigenvalue weighted by Gasteiger charge is 2.26. The zero-order valence-corrected chi connectivity index (χ0v) is 23.0. The normalized spacial score (nSPS) is 15.5. The lowest BCUT2D eigenvalue weighted by Gasteiger charge is -2.34. The number of nitrogens with zero attached hydrogens (tertiary/aromatic N) is 1. The number of allylic oxidation sites excluding steroid dienone is 3. The second-order valence-electron chi connectivity index (χ2n) is 9.90. The smallest absolute Gasteiger partial charge is 0.251 e. The summed E-state index contributed by atoms with van der Waals surface area (Å²) in [5, 5.41) is 2.96. The van der Waals surface area contributed by atoms with Gasteiger partial charge in [0, 0.05) is 42.6 Å². The predicted octanol–water partition coefficient (Wildman–Crippen LogP) is 6.16. The average molecular weight is 529 g/mol. The van der Waals surface area contributed by atoms with Crippen molar-refractivity contribution in [2.75, 3.05) is 51.0 Å². The van der Waals surface area contributed by atoms with Crippen LogP contribution in [0.15, 0.2) is 85.1 Å². The highest BCUT2D eigenvalue weighted by Crippen LogP contribution is 2.34. The number of rotatable bonds is 14. The van der Waals surface area contributed by atoms with Crippen LogP contribution in [0.2, 0.25) is 0 Å². The lowest BCUT2D eigenvalue weighted by molar-refractivity contribution is -0.116. The molecule has 2 aliphatic rings. The number of hydrogen-bond donors (Lipinski definition) is 1. The summed E-state index contributed by atoms with van der Waals surface area (Å²) in [6.07, 6.45) is 9.88. The van der Waals surface area contributed by atoms with Gasteiger partial charge in [0.2, 0.25) is 0 Å². The topological polar surface area (TPSA) is 60.0 Å². The first-order valence-corrected chi connectivity index (χ1v) is 13.9. The van der Waals surface area contributed by atoms with E-state index in [0.29, 0.717) is 31.2 Å². The monoisotopic (exact) mass is 528 g/mol. The summed E-state index contributed by atoms with van der Waals surface area (Å²) in [5.41, 5.74) is 5.73. The molecule has 206 valence electrons. The Morgan fingerprint density at radius 3 is 2.59 bits per heavy atom. The number of nitrogens with one attached hydrogen (secondary N) is 1. The third kappa shape index (κ3) is 7.94. The molecule has 1 fully saturated rings. The van der Waals surface area contributed by atoms with E-state index in [1.165, 1.54) is 0 Å². The number of benzene rings is 2. The molecule has 1 N–H and O–H groups in total. The van der Waals surface area contributed by atoms with Gasteiger partial charge in [0.15, 0.2) is 0 Å². The van der Waals surface area contributed by atoms with Crippen LogP contribution in [0, 0.1) is 5.92 Å². The molecule has 0 aliphatic carbocycles. The Bertz CT molecular complexity index is 1190. The number of ether oxygens (including phenoxy) is 3. The van der Waals surface area contributed by atoms with Crippen LogP contribution in [0.25, 0.3) is 17.2 Å². The Hall–Kier alpha value is -3.61. The van der Waals surface area contributed by atoms with E-state index in [1.807, 2.05) is 18.2 Å². The Labute approximate surface area is 232 Å². The highest BCUT2D eigenvalue weighted by atomic mass is 16.5. The number of fused-ring (bicyclic) bond motifs is 1. The van der Waals surface area contributed by atoms with Crippen molar-refractivity contribution in [2.45, 2.75) is 26.2 Å². The molecule has 0 atom stereocenters. The quantitative estimate of drug-likeness (QED) is 0.235. The van der Waals surface area contributed by atoms with Crippen molar-refractivity contribution in [3.63, 3.8) is 0 Å². The van der Waals surface area contributed by atoms with E-state index in [4.69, 9.17) is 14.2 Å². The van der Waals surface area contributed by atoms with E-state index in [2.05, 4.69) is 60.6 Å². The second kappa shape index (κ2) is 14.5. The molecule has 0 aromatic heterocycles. The third-order valence-corrected chi connectivity index (χ3v) is 6.93. The molecule has 2 aliphatic heterocycles. The molecular formula is C33H40N2O4. The molecule has 2 heterocycles. The Morgan fingerprint density at radius 1 is 1.10 bits per heavy atom. The van der Waals surface area contributed by atoms with Crippen molar-refractivity contribution in [2.24, 2.45) is 5.92 Å². The summed E-state index contributed by atoms with van der Waals surface area (Å²) in [6.45, 7) is 14.8. The fourth-order valence-corrected chi connectivity index (χ4v) is 4.65. The number of carbonyl (C=O) groups excluding carboxylic acids is 1. The number of amides is 1. The number of hydrogen-bond acceptors (Lipinski definition) is 5. The van der Waals surface area contributed by atoms with Crippen LogP contribution < -0.4 is 15.0 Å². The van der Waals surface area contributed by atoms with E-state index in [1.54, 1.807) is 18.2 Å². The molecule has 1 saturated heterocycles. The molecule has 0 bridgehead atoms. The molecule has 6 heteroatoms. The number of anilines is 1. The Morgan fingerprint density at radius 2 is 1.90 bits per heavy atom. The van der Waals surface area contributed by atoms with Crippen molar-refractivity contribution in [1.82, 2.24) is 5.32 Å². The largest absolute Gasteiger partial charge is 0.491 e. The fraction of sp³-hybridized carbons (Fsp3) is 0.364. The van der Waals surface area contributed by atoms with Crippen molar-refractivity contribution in [3.05, 3.63) is 90.7 Å². The maximum Gasteiger partial charge on any atom is 0.251 e. The Kier molecular flexibility index (Phi) is 10.6. The summed E-state index contributed by atoms with van der Waals surface area (Å²) in [4.78, 5) is 15.6. The first-order valence-electron chi connectivity index (χ1n) is 13.9. The summed E-state index contributed by atoms with van der Waals surface area (Å²) < 4.78 is 16.8. The SMILES string of the molecule is C=C/C=C(\C=C)NC(=O)C1=Cc2cc(-c3ccc(OCCOCCCC)cc3)ccc2N(CC2COC2)CC1.